The fourth-order valence-corrected chi connectivity index (χ4v) is 4.26. The van der Waals surface area contributed by atoms with Crippen LogP contribution < -0.4 is 4.90 Å². The summed E-state index contributed by atoms with van der Waals surface area (Å²) in [7, 11) is -4.58. The third kappa shape index (κ3) is 3.73. The first kappa shape index (κ1) is 18.8. The molecule has 0 unspecified atom stereocenters. The lowest BCUT2D eigenvalue weighted by molar-refractivity contribution is 0.189. The van der Waals surface area contributed by atoms with E-state index >= 15 is 0 Å². The number of halogens is 2. The second kappa shape index (κ2) is 7.72. The van der Waals surface area contributed by atoms with Crippen LogP contribution >= 0.6 is 0 Å². The van der Waals surface area contributed by atoms with Crippen molar-refractivity contribution in [1.82, 2.24) is 0 Å². The molecule has 0 aliphatic carbocycles. The molecule has 26 heavy (non-hydrogen) atoms. The minimum Gasteiger partial charge on any atom is -0.396 e. The van der Waals surface area contributed by atoms with E-state index < -0.39 is 15.6 Å². The number of piperidine rings is 1. The van der Waals surface area contributed by atoms with E-state index in [0.717, 1.165) is 18.7 Å². The number of nitrogens with zero attached hydrogens (tertiary/aromatic N) is 1. The lowest BCUT2D eigenvalue weighted by Crippen LogP contribution is -2.41. The molecular weight excluding hydrogens is 360 g/mol. The first-order valence-electron chi connectivity index (χ1n) is 8.46. The van der Waals surface area contributed by atoms with Crippen LogP contribution in [0.25, 0.3) is 0 Å². The number of aliphatic hydroxyl groups excluding tert-OH is 1. The molecule has 0 radical (unpaired) electrons. The number of alkyl halides is 2. The predicted molar refractivity (Wildman–Crippen MR) is 96.2 cm³/mol. The summed E-state index contributed by atoms with van der Waals surface area (Å²) >= 11 is 0. The van der Waals surface area contributed by atoms with Gasteiger partial charge in [0.15, 0.2) is 0 Å². The van der Waals surface area contributed by atoms with Gasteiger partial charge in [-0.3, -0.25) is 0 Å². The van der Waals surface area contributed by atoms with Gasteiger partial charge < -0.3 is 10.0 Å². The molecule has 0 saturated carbocycles. The van der Waals surface area contributed by atoms with Crippen molar-refractivity contribution in [3.8, 4) is 0 Å². The van der Waals surface area contributed by atoms with Gasteiger partial charge in [0.25, 0.3) is 0 Å². The monoisotopic (exact) mass is 381 g/mol. The molecule has 2 aromatic rings. The highest BCUT2D eigenvalue weighted by atomic mass is 32.2. The van der Waals surface area contributed by atoms with Gasteiger partial charge in [0, 0.05) is 31.3 Å². The van der Waals surface area contributed by atoms with Crippen LogP contribution in [-0.2, 0) is 9.84 Å². The second-order valence-electron chi connectivity index (χ2n) is 6.49. The van der Waals surface area contributed by atoms with Crippen LogP contribution in [0.2, 0.25) is 0 Å². The maximum absolute atomic E-state index is 12.6. The van der Waals surface area contributed by atoms with E-state index in [2.05, 4.69) is 17.0 Å². The molecule has 0 bridgehead atoms. The van der Waals surface area contributed by atoms with E-state index in [0.29, 0.717) is 6.54 Å². The lowest BCUT2D eigenvalue weighted by Gasteiger charge is -2.39. The first-order chi connectivity index (χ1) is 12.4. The molecule has 0 amide bonds. The first-order valence-corrected chi connectivity index (χ1v) is 10.0. The minimum atomic E-state index is -4.58. The zero-order valence-corrected chi connectivity index (χ0v) is 14.9. The maximum atomic E-state index is 12.6. The number of sulfone groups is 1. The number of hydrogen-bond acceptors (Lipinski definition) is 4. The summed E-state index contributed by atoms with van der Waals surface area (Å²) in [5.41, 5.74) is 1.97. The Bertz CT molecular complexity index is 826. The Labute approximate surface area is 152 Å². The van der Waals surface area contributed by atoms with E-state index in [4.69, 9.17) is 0 Å². The fourth-order valence-electron chi connectivity index (χ4n) is 3.54. The summed E-state index contributed by atoms with van der Waals surface area (Å²) in [6.07, 6.45) is 0.853. The second-order valence-corrected chi connectivity index (χ2v) is 8.41. The SMILES string of the molecule is O=S(=O)(c1ccc(N2CC[C@@H](c3ccccc3)[C@@H](CO)C2)cc1)C(F)F. The largest absolute Gasteiger partial charge is 0.396 e. The summed E-state index contributed by atoms with van der Waals surface area (Å²) in [6, 6.07) is 15.6. The Balaban J connectivity index is 1.76. The normalized spacial score (nSPS) is 21.2. The van der Waals surface area contributed by atoms with Crippen LogP contribution in [0.3, 0.4) is 0 Å². The van der Waals surface area contributed by atoms with Crippen LogP contribution in [0.15, 0.2) is 59.5 Å². The van der Waals surface area contributed by atoms with Crippen molar-refractivity contribution in [3.63, 3.8) is 0 Å². The van der Waals surface area contributed by atoms with Crippen molar-refractivity contribution in [1.29, 1.82) is 0 Å². The van der Waals surface area contributed by atoms with Gasteiger partial charge >= 0.3 is 5.76 Å². The van der Waals surface area contributed by atoms with Crippen molar-refractivity contribution in [2.75, 3.05) is 24.6 Å². The Hall–Kier alpha value is -1.99. The molecule has 140 valence electrons. The van der Waals surface area contributed by atoms with Crippen molar-refractivity contribution >= 4 is 15.5 Å². The number of aliphatic hydroxyl groups is 1. The number of benzene rings is 2. The molecular formula is C19H21F2NO3S. The van der Waals surface area contributed by atoms with E-state index in [1.54, 1.807) is 12.1 Å². The van der Waals surface area contributed by atoms with Crippen LogP contribution in [0, 0.1) is 5.92 Å². The fraction of sp³-hybridized carbons (Fsp3) is 0.368. The molecule has 1 aliphatic heterocycles. The van der Waals surface area contributed by atoms with E-state index in [-0.39, 0.29) is 23.3 Å². The molecule has 1 fully saturated rings. The predicted octanol–water partition coefficient (Wildman–Crippen LogP) is 3.29. The van der Waals surface area contributed by atoms with E-state index in [1.807, 2.05) is 18.2 Å². The molecule has 0 aromatic heterocycles. The lowest BCUT2D eigenvalue weighted by atomic mass is 9.81. The standard InChI is InChI=1S/C19H21F2NO3S/c20-19(21)26(24,25)17-8-6-16(7-9-17)22-11-10-18(15(12-22)13-23)14-4-2-1-3-5-14/h1-9,15,18-19,23H,10-13H2/t15-,18+/m1/s1. The third-order valence-corrected chi connectivity index (χ3v) is 6.36. The topological polar surface area (TPSA) is 57.6 Å². The molecule has 3 rings (SSSR count). The Morgan fingerprint density at radius 3 is 2.31 bits per heavy atom. The number of hydrogen-bond donors (Lipinski definition) is 1. The third-order valence-electron chi connectivity index (χ3n) is 4.96. The zero-order valence-electron chi connectivity index (χ0n) is 14.1. The van der Waals surface area contributed by atoms with Gasteiger partial charge in [0.2, 0.25) is 9.84 Å². The summed E-state index contributed by atoms with van der Waals surface area (Å²) in [5.74, 6) is -3.11. The summed E-state index contributed by atoms with van der Waals surface area (Å²) in [6.45, 7) is 1.42. The van der Waals surface area contributed by atoms with Gasteiger partial charge in [-0.2, -0.15) is 8.78 Å². The average Bonchev–Trinajstić information content (AvgIpc) is 2.68. The Morgan fingerprint density at radius 1 is 1.08 bits per heavy atom. The van der Waals surface area contributed by atoms with Crippen LogP contribution in [-0.4, -0.2) is 39.0 Å². The minimum absolute atomic E-state index is 0.0495. The van der Waals surface area contributed by atoms with Crippen LogP contribution in [0.1, 0.15) is 17.9 Å². The van der Waals surface area contributed by atoms with Crippen molar-refractivity contribution in [2.45, 2.75) is 23.0 Å². The molecule has 1 saturated heterocycles. The van der Waals surface area contributed by atoms with E-state index in [1.165, 1.54) is 17.7 Å². The zero-order chi connectivity index (χ0) is 18.7. The summed E-state index contributed by atoms with van der Waals surface area (Å²) in [5, 5.41) is 9.81. The van der Waals surface area contributed by atoms with Crippen LogP contribution in [0.5, 0.6) is 0 Å². The molecule has 1 heterocycles. The molecule has 2 atom stereocenters. The summed E-state index contributed by atoms with van der Waals surface area (Å²) < 4.78 is 48.3. The number of anilines is 1. The Kier molecular flexibility index (Phi) is 5.58. The Morgan fingerprint density at radius 2 is 1.73 bits per heavy atom. The van der Waals surface area contributed by atoms with Gasteiger partial charge in [-0.15, -0.1) is 0 Å². The highest BCUT2D eigenvalue weighted by Crippen LogP contribution is 2.35. The quantitative estimate of drug-likeness (QED) is 0.864. The molecule has 1 aliphatic rings. The van der Waals surface area contributed by atoms with Gasteiger partial charge in [-0.05, 0) is 42.2 Å². The molecule has 0 spiro atoms. The molecule has 7 heteroatoms. The highest BCUT2D eigenvalue weighted by Gasteiger charge is 2.31. The van der Waals surface area contributed by atoms with Crippen molar-refractivity contribution < 1.29 is 22.3 Å². The van der Waals surface area contributed by atoms with Crippen LogP contribution in [0.4, 0.5) is 14.5 Å². The van der Waals surface area contributed by atoms with E-state index in [9.17, 15) is 22.3 Å². The van der Waals surface area contributed by atoms with Gasteiger partial charge in [0.1, 0.15) is 0 Å². The van der Waals surface area contributed by atoms with Gasteiger partial charge in [0.05, 0.1) is 4.90 Å². The summed E-state index contributed by atoms with van der Waals surface area (Å²) in [4.78, 5) is 1.67. The maximum Gasteiger partial charge on any atom is 0.341 e. The molecule has 4 nitrogen and oxygen atoms in total. The van der Waals surface area contributed by atoms with Crippen molar-refractivity contribution in [2.24, 2.45) is 5.92 Å². The molecule has 2 aromatic carbocycles. The number of rotatable bonds is 5. The molecule has 1 N–H and O–H groups in total. The smallest absolute Gasteiger partial charge is 0.341 e. The highest BCUT2D eigenvalue weighted by molar-refractivity contribution is 7.91. The van der Waals surface area contributed by atoms with Gasteiger partial charge in [-0.1, -0.05) is 30.3 Å². The van der Waals surface area contributed by atoms with Crippen molar-refractivity contribution in [3.05, 3.63) is 60.2 Å². The average molecular weight is 381 g/mol. The van der Waals surface area contributed by atoms with Gasteiger partial charge in [-0.25, -0.2) is 8.42 Å².